The van der Waals surface area contributed by atoms with Crippen LogP contribution in [-0.4, -0.2) is 54.8 Å². The molecule has 2 fully saturated rings. The SMILES string of the molecule is CC1CCN(S(=O)(=O)CC2CCCO2)C(C(=O)O)C1. The fourth-order valence-electron chi connectivity index (χ4n) is 2.78. The molecule has 0 aromatic heterocycles. The van der Waals surface area contributed by atoms with E-state index in [0.717, 1.165) is 17.1 Å². The molecule has 0 aromatic rings. The summed E-state index contributed by atoms with van der Waals surface area (Å²) in [5.41, 5.74) is 0. The average Bonchev–Trinajstić information content (AvgIpc) is 2.80. The Morgan fingerprint density at radius 3 is 2.74 bits per heavy atom. The smallest absolute Gasteiger partial charge is 0.322 e. The molecule has 0 spiro atoms. The lowest BCUT2D eigenvalue weighted by Crippen LogP contribution is -2.51. The van der Waals surface area contributed by atoms with Crippen LogP contribution in [0.5, 0.6) is 0 Å². The van der Waals surface area contributed by atoms with Gasteiger partial charge in [0, 0.05) is 13.2 Å². The van der Waals surface area contributed by atoms with Crippen LogP contribution >= 0.6 is 0 Å². The molecule has 0 radical (unpaired) electrons. The Balaban J connectivity index is 2.10. The van der Waals surface area contributed by atoms with Crippen molar-refractivity contribution in [1.82, 2.24) is 4.31 Å². The summed E-state index contributed by atoms with van der Waals surface area (Å²) in [6.45, 7) is 2.85. The van der Waals surface area contributed by atoms with Crippen LogP contribution in [0.2, 0.25) is 0 Å². The van der Waals surface area contributed by atoms with E-state index in [1.807, 2.05) is 6.92 Å². The molecule has 3 atom stereocenters. The molecule has 110 valence electrons. The third kappa shape index (κ3) is 3.46. The fourth-order valence-corrected chi connectivity index (χ4v) is 4.66. The highest BCUT2D eigenvalue weighted by Gasteiger charge is 2.40. The van der Waals surface area contributed by atoms with Gasteiger partial charge in [-0.05, 0) is 31.6 Å². The van der Waals surface area contributed by atoms with Gasteiger partial charge in [-0.1, -0.05) is 6.92 Å². The summed E-state index contributed by atoms with van der Waals surface area (Å²) in [6, 6.07) is -0.921. The van der Waals surface area contributed by atoms with E-state index in [2.05, 4.69) is 0 Å². The van der Waals surface area contributed by atoms with E-state index in [0.29, 0.717) is 26.0 Å². The molecule has 2 aliphatic heterocycles. The first-order valence-corrected chi connectivity index (χ1v) is 8.35. The van der Waals surface area contributed by atoms with Crippen molar-refractivity contribution in [3.05, 3.63) is 0 Å². The molecule has 0 saturated carbocycles. The molecule has 0 bridgehead atoms. The lowest BCUT2D eigenvalue weighted by Gasteiger charge is -2.35. The number of ether oxygens (including phenoxy) is 1. The zero-order chi connectivity index (χ0) is 14.0. The maximum atomic E-state index is 12.3. The number of sulfonamides is 1. The Bertz CT molecular complexity index is 429. The Kier molecular flexibility index (Phi) is 4.47. The minimum absolute atomic E-state index is 0.0921. The molecule has 7 heteroatoms. The van der Waals surface area contributed by atoms with Crippen LogP contribution in [0.15, 0.2) is 0 Å². The van der Waals surface area contributed by atoms with Gasteiger partial charge in [-0.3, -0.25) is 4.79 Å². The standard InChI is InChI=1S/C12H21NO5S/c1-9-4-5-13(11(7-9)12(14)15)19(16,17)8-10-3-2-6-18-10/h9-11H,2-8H2,1H3,(H,14,15). The normalized spacial score (nSPS) is 33.4. The summed E-state index contributed by atoms with van der Waals surface area (Å²) in [5.74, 6) is -0.900. The van der Waals surface area contributed by atoms with Crippen molar-refractivity contribution >= 4 is 16.0 Å². The number of hydrogen-bond acceptors (Lipinski definition) is 4. The maximum absolute atomic E-state index is 12.3. The largest absolute Gasteiger partial charge is 0.480 e. The number of rotatable bonds is 4. The molecular formula is C12H21NO5S. The van der Waals surface area contributed by atoms with E-state index in [9.17, 15) is 18.3 Å². The number of piperidine rings is 1. The van der Waals surface area contributed by atoms with Gasteiger partial charge in [0.2, 0.25) is 10.0 Å². The number of hydrogen-bond donors (Lipinski definition) is 1. The molecule has 2 saturated heterocycles. The van der Waals surface area contributed by atoms with Gasteiger partial charge >= 0.3 is 5.97 Å². The molecule has 1 N–H and O–H groups in total. The average molecular weight is 291 g/mol. The van der Waals surface area contributed by atoms with Crippen LogP contribution in [0.1, 0.15) is 32.6 Å². The van der Waals surface area contributed by atoms with Crippen LogP contribution in [-0.2, 0) is 19.6 Å². The third-order valence-electron chi connectivity index (χ3n) is 3.88. The summed E-state index contributed by atoms with van der Waals surface area (Å²) in [6.07, 6.45) is 2.44. The molecule has 19 heavy (non-hydrogen) atoms. The number of carbonyl (C=O) groups is 1. The van der Waals surface area contributed by atoms with Crippen LogP contribution in [0.3, 0.4) is 0 Å². The maximum Gasteiger partial charge on any atom is 0.322 e. The summed E-state index contributed by atoms with van der Waals surface area (Å²) in [7, 11) is -3.56. The number of aliphatic carboxylic acids is 1. The lowest BCUT2D eigenvalue weighted by molar-refractivity contribution is -0.143. The van der Waals surface area contributed by atoms with Crippen LogP contribution in [0.25, 0.3) is 0 Å². The highest BCUT2D eigenvalue weighted by atomic mass is 32.2. The van der Waals surface area contributed by atoms with Crippen LogP contribution in [0.4, 0.5) is 0 Å². The van der Waals surface area contributed by atoms with Gasteiger partial charge in [0.15, 0.2) is 0 Å². The molecule has 3 unspecified atom stereocenters. The van der Waals surface area contributed by atoms with Crippen molar-refractivity contribution in [2.75, 3.05) is 18.9 Å². The minimum Gasteiger partial charge on any atom is -0.480 e. The van der Waals surface area contributed by atoms with Gasteiger partial charge in [0.1, 0.15) is 6.04 Å². The van der Waals surface area contributed by atoms with E-state index < -0.39 is 22.0 Å². The van der Waals surface area contributed by atoms with Crippen molar-refractivity contribution in [3.8, 4) is 0 Å². The number of carboxylic acid groups (broad SMARTS) is 1. The zero-order valence-corrected chi connectivity index (χ0v) is 11.9. The minimum atomic E-state index is -3.56. The van der Waals surface area contributed by atoms with Crippen molar-refractivity contribution in [3.63, 3.8) is 0 Å². The van der Waals surface area contributed by atoms with Gasteiger partial charge in [0.05, 0.1) is 11.9 Å². The molecule has 2 heterocycles. The summed E-state index contributed by atoms with van der Waals surface area (Å²) < 4.78 is 31.2. The molecular weight excluding hydrogens is 270 g/mol. The highest BCUT2D eigenvalue weighted by Crippen LogP contribution is 2.27. The van der Waals surface area contributed by atoms with Gasteiger partial charge in [0.25, 0.3) is 0 Å². The second-order valence-corrected chi connectivity index (χ2v) is 7.47. The number of nitrogens with zero attached hydrogens (tertiary/aromatic N) is 1. The first-order valence-electron chi connectivity index (χ1n) is 6.74. The van der Waals surface area contributed by atoms with Gasteiger partial charge in [-0.25, -0.2) is 8.42 Å². The Labute approximate surface area is 113 Å². The van der Waals surface area contributed by atoms with Crippen molar-refractivity contribution < 1.29 is 23.1 Å². The predicted octanol–water partition coefficient (Wildman–Crippen LogP) is 0.680. The van der Waals surface area contributed by atoms with E-state index in [1.165, 1.54) is 0 Å². The Hall–Kier alpha value is -0.660. The van der Waals surface area contributed by atoms with Crippen molar-refractivity contribution in [1.29, 1.82) is 0 Å². The van der Waals surface area contributed by atoms with E-state index >= 15 is 0 Å². The van der Waals surface area contributed by atoms with Gasteiger partial charge in [-0.2, -0.15) is 4.31 Å². The second-order valence-electron chi connectivity index (χ2n) is 5.51. The lowest BCUT2D eigenvalue weighted by atomic mass is 9.94. The summed E-state index contributed by atoms with van der Waals surface area (Å²) >= 11 is 0. The highest BCUT2D eigenvalue weighted by molar-refractivity contribution is 7.89. The monoisotopic (exact) mass is 291 g/mol. The van der Waals surface area contributed by atoms with Gasteiger partial charge in [-0.15, -0.1) is 0 Å². The first kappa shape index (κ1) is 14.7. The van der Waals surface area contributed by atoms with Crippen molar-refractivity contribution in [2.45, 2.75) is 44.8 Å². The van der Waals surface area contributed by atoms with Gasteiger partial charge < -0.3 is 9.84 Å². The van der Waals surface area contributed by atoms with E-state index in [4.69, 9.17) is 4.74 Å². The molecule has 2 aliphatic rings. The van der Waals surface area contributed by atoms with Crippen LogP contribution < -0.4 is 0 Å². The molecule has 6 nitrogen and oxygen atoms in total. The third-order valence-corrected chi connectivity index (χ3v) is 5.82. The first-order chi connectivity index (χ1) is 8.90. The Morgan fingerprint density at radius 1 is 1.42 bits per heavy atom. The Morgan fingerprint density at radius 2 is 2.16 bits per heavy atom. The topological polar surface area (TPSA) is 83.9 Å². The molecule has 0 aliphatic carbocycles. The molecule has 0 aromatic carbocycles. The summed E-state index contributed by atoms with van der Waals surface area (Å²) in [4.78, 5) is 11.3. The quantitative estimate of drug-likeness (QED) is 0.823. The number of carboxylic acids is 1. The zero-order valence-electron chi connectivity index (χ0n) is 11.1. The summed E-state index contributed by atoms with van der Waals surface area (Å²) in [5, 5.41) is 9.21. The van der Waals surface area contributed by atoms with Crippen molar-refractivity contribution in [2.24, 2.45) is 5.92 Å². The van der Waals surface area contributed by atoms with Crippen LogP contribution in [0, 0.1) is 5.92 Å². The van der Waals surface area contributed by atoms with E-state index in [1.54, 1.807) is 0 Å². The second kappa shape index (κ2) is 5.76. The molecule has 0 amide bonds. The fraction of sp³-hybridized carbons (Fsp3) is 0.917. The molecule has 2 rings (SSSR count). The van der Waals surface area contributed by atoms with E-state index in [-0.39, 0.29) is 17.8 Å². The predicted molar refractivity (Wildman–Crippen MR) is 69.3 cm³/mol.